The van der Waals surface area contributed by atoms with Crippen molar-refractivity contribution in [2.45, 2.75) is 30.2 Å². The summed E-state index contributed by atoms with van der Waals surface area (Å²) < 4.78 is 28.1. The van der Waals surface area contributed by atoms with Gasteiger partial charge in [-0.15, -0.1) is 0 Å². The van der Waals surface area contributed by atoms with Crippen molar-refractivity contribution in [3.05, 3.63) is 90.1 Å². The first-order valence-corrected chi connectivity index (χ1v) is 11.1. The van der Waals surface area contributed by atoms with E-state index in [2.05, 4.69) is 5.32 Å². The molecule has 0 aliphatic rings. The van der Waals surface area contributed by atoms with Crippen LogP contribution in [0.3, 0.4) is 0 Å². The van der Waals surface area contributed by atoms with Gasteiger partial charge in [-0.1, -0.05) is 54.6 Å². The molecule has 1 N–H and O–H groups in total. The largest absolute Gasteiger partial charge is 0.337 e. The normalized spacial score (nSPS) is 11.5. The molecule has 5 nitrogen and oxygen atoms in total. The van der Waals surface area contributed by atoms with Gasteiger partial charge in [-0.3, -0.25) is 4.79 Å². The van der Waals surface area contributed by atoms with Crippen LogP contribution in [0.15, 0.2) is 88.8 Å². The summed E-state index contributed by atoms with van der Waals surface area (Å²) in [7, 11) is -3.71. The van der Waals surface area contributed by atoms with Crippen LogP contribution in [0, 0.1) is 13.8 Å². The predicted octanol–water partition coefficient (Wildman–Crippen LogP) is 4.73. The lowest BCUT2D eigenvalue weighted by Crippen LogP contribution is -2.19. The SMILES string of the molecule is Cc1cccc(C)c1NC(=O)Cn1cc(S(=O)(=O)c2ccccc2)c2ccccc21. The topological polar surface area (TPSA) is 68.2 Å². The Hall–Kier alpha value is -3.38. The summed E-state index contributed by atoms with van der Waals surface area (Å²) in [5.74, 6) is -0.211. The summed E-state index contributed by atoms with van der Waals surface area (Å²) in [5, 5.41) is 3.56. The smallest absolute Gasteiger partial charge is 0.244 e. The molecule has 4 aromatic rings. The first-order valence-electron chi connectivity index (χ1n) is 9.62. The third kappa shape index (κ3) is 3.62. The zero-order valence-electron chi connectivity index (χ0n) is 16.8. The second kappa shape index (κ2) is 7.80. The average Bonchev–Trinajstić information content (AvgIpc) is 3.11. The number of para-hydroxylation sites is 2. The quantitative estimate of drug-likeness (QED) is 0.509. The number of benzene rings is 3. The summed E-state index contributed by atoms with van der Waals surface area (Å²) in [4.78, 5) is 13.2. The number of rotatable bonds is 5. The van der Waals surface area contributed by atoms with Crippen molar-refractivity contribution in [3.63, 3.8) is 0 Å². The fourth-order valence-corrected chi connectivity index (χ4v) is 5.13. The molecule has 0 saturated carbocycles. The maximum absolute atomic E-state index is 13.2. The monoisotopic (exact) mass is 418 g/mol. The van der Waals surface area contributed by atoms with E-state index in [1.807, 2.05) is 44.2 Å². The van der Waals surface area contributed by atoms with Gasteiger partial charge in [-0.2, -0.15) is 0 Å². The number of aryl methyl sites for hydroxylation is 2. The van der Waals surface area contributed by atoms with E-state index in [4.69, 9.17) is 0 Å². The van der Waals surface area contributed by atoms with Crippen LogP contribution >= 0.6 is 0 Å². The molecule has 6 heteroatoms. The van der Waals surface area contributed by atoms with Gasteiger partial charge in [0.1, 0.15) is 6.54 Å². The summed E-state index contributed by atoms with van der Waals surface area (Å²) in [6, 6.07) is 21.4. The van der Waals surface area contributed by atoms with Crippen molar-refractivity contribution in [1.82, 2.24) is 4.57 Å². The van der Waals surface area contributed by atoms with Gasteiger partial charge in [-0.25, -0.2) is 8.42 Å². The highest BCUT2D eigenvalue weighted by molar-refractivity contribution is 7.91. The van der Waals surface area contributed by atoms with E-state index in [1.54, 1.807) is 53.2 Å². The molecule has 4 rings (SSSR count). The number of carbonyl (C=O) groups is 1. The predicted molar refractivity (Wildman–Crippen MR) is 118 cm³/mol. The van der Waals surface area contributed by atoms with Crippen LogP contribution in [0.25, 0.3) is 10.9 Å². The third-order valence-electron chi connectivity index (χ3n) is 5.15. The van der Waals surface area contributed by atoms with E-state index >= 15 is 0 Å². The molecule has 0 saturated heterocycles. The van der Waals surface area contributed by atoms with E-state index in [-0.39, 0.29) is 22.2 Å². The number of sulfone groups is 1. The van der Waals surface area contributed by atoms with E-state index < -0.39 is 9.84 Å². The van der Waals surface area contributed by atoms with Crippen LogP contribution in [-0.4, -0.2) is 18.9 Å². The molecule has 30 heavy (non-hydrogen) atoms. The second-order valence-electron chi connectivity index (χ2n) is 7.27. The first-order chi connectivity index (χ1) is 14.4. The molecule has 152 valence electrons. The molecule has 0 atom stereocenters. The Morgan fingerprint density at radius 2 is 1.50 bits per heavy atom. The molecule has 0 unspecified atom stereocenters. The van der Waals surface area contributed by atoms with E-state index in [0.717, 1.165) is 16.8 Å². The number of hydrogen-bond donors (Lipinski definition) is 1. The average molecular weight is 419 g/mol. The number of fused-ring (bicyclic) bond motifs is 1. The minimum atomic E-state index is -3.71. The molecule has 3 aromatic carbocycles. The lowest BCUT2D eigenvalue weighted by atomic mass is 10.1. The van der Waals surface area contributed by atoms with Crippen LogP contribution in [-0.2, 0) is 21.2 Å². The Bertz CT molecular complexity index is 1320. The molecule has 0 radical (unpaired) electrons. The van der Waals surface area contributed by atoms with Crippen LogP contribution in [0.2, 0.25) is 0 Å². The zero-order valence-corrected chi connectivity index (χ0v) is 17.6. The van der Waals surface area contributed by atoms with Crippen molar-refractivity contribution in [2.75, 3.05) is 5.32 Å². The Morgan fingerprint density at radius 3 is 2.20 bits per heavy atom. The van der Waals surface area contributed by atoms with Crippen molar-refractivity contribution < 1.29 is 13.2 Å². The van der Waals surface area contributed by atoms with Crippen LogP contribution in [0.4, 0.5) is 5.69 Å². The molecule has 0 aliphatic carbocycles. The Morgan fingerprint density at radius 1 is 0.867 bits per heavy atom. The Balaban J connectivity index is 1.72. The zero-order chi connectivity index (χ0) is 21.3. The second-order valence-corrected chi connectivity index (χ2v) is 9.19. The van der Waals surface area contributed by atoms with Crippen LogP contribution in [0.1, 0.15) is 11.1 Å². The first kappa shape index (κ1) is 19.9. The maximum Gasteiger partial charge on any atom is 0.244 e. The fourth-order valence-electron chi connectivity index (χ4n) is 3.63. The van der Waals surface area contributed by atoms with Gasteiger partial charge in [0.25, 0.3) is 0 Å². The molecule has 0 aliphatic heterocycles. The number of amides is 1. The fraction of sp³-hybridized carbons (Fsp3) is 0.125. The highest BCUT2D eigenvalue weighted by atomic mass is 32.2. The van der Waals surface area contributed by atoms with Crippen molar-refractivity contribution in [2.24, 2.45) is 0 Å². The minimum absolute atomic E-state index is 0.0125. The van der Waals surface area contributed by atoms with E-state index in [9.17, 15) is 13.2 Å². The number of carbonyl (C=O) groups excluding carboxylic acids is 1. The molecular formula is C24H22N2O3S. The van der Waals surface area contributed by atoms with Gasteiger partial charge in [-0.05, 0) is 43.2 Å². The van der Waals surface area contributed by atoms with Crippen molar-refractivity contribution in [1.29, 1.82) is 0 Å². The molecule has 0 bridgehead atoms. The lowest BCUT2D eigenvalue weighted by Gasteiger charge is -2.12. The van der Waals surface area contributed by atoms with Crippen molar-refractivity contribution in [3.8, 4) is 0 Å². The number of aromatic nitrogens is 1. The molecule has 0 spiro atoms. The number of anilines is 1. The summed E-state index contributed by atoms with van der Waals surface area (Å²) in [6.45, 7) is 3.90. The lowest BCUT2D eigenvalue weighted by molar-refractivity contribution is -0.116. The number of hydrogen-bond acceptors (Lipinski definition) is 3. The van der Waals surface area contributed by atoms with Gasteiger partial charge in [0.2, 0.25) is 15.7 Å². The molecular weight excluding hydrogens is 396 g/mol. The summed E-state index contributed by atoms with van der Waals surface area (Å²) >= 11 is 0. The Kier molecular flexibility index (Phi) is 5.18. The molecule has 1 aromatic heterocycles. The van der Waals surface area contributed by atoms with Gasteiger partial charge in [0.05, 0.1) is 9.79 Å². The van der Waals surface area contributed by atoms with E-state index in [0.29, 0.717) is 10.9 Å². The van der Waals surface area contributed by atoms with Gasteiger partial charge in [0.15, 0.2) is 0 Å². The standard InChI is InChI=1S/C24H22N2O3S/c1-17-9-8-10-18(2)24(17)25-23(27)16-26-15-22(20-13-6-7-14-21(20)26)30(28,29)19-11-4-3-5-12-19/h3-15H,16H2,1-2H3,(H,25,27). The summed E-state index contributed by atoms with van der Waals surface area (Å²) in [5.41, 5.74) is 3.45. The minimum Gasteiger partial charge on any atom is -0.337 e. The molecule has 1 heterocycles. The third-order valence-corrected chi connectivity index (χ3v) is 6.95. The maximum atomic E-state index is 13.2. The van der Waals surface area contributed by atoms with Crippen LogP contribution < -0.4 is 5.32 Å². The Labute approximate surface area is 175 Å². The summed E-state index contributed by atoms with van der Waals surface area (Å²) in [6.07, 6.45) is 1.55. The number of nitrogens with one attached hydrogen (secondary N) is 1. The number of nitrogens with zero attached hydrogens (tertiary/aromatic N) is 1. The van der Waals surface area contributed by atoms with Gasteiger partial charge in [0, 0.05) is 22.8 Å². The molecule has 0 fully saturated rings. The van der Waals surface area contributed by atoms with Gasteiger partial charge < -0.3 is 9.88 Å². The molecule has 1 amide bonds. The van der Waals surface area contributed by atoms with E-state index in [1.165, 1.54) is 0 Å². The highest BCUT2D eigenvalue weighted by Gasteiger charge is 2.23. The van der Waals surface area contributed by atoms with Crippen LogP contribution in [0.5, 0.6) is 0 Å². The van der Waals surface area contributed by atoms with Crippen molar-refractivity contribution >= 4 is 32.3 Å². The highest BCUT2D eigenvalue weighted by Crippen LogP contribution is 2.30. The van der Waals surface area contributed by atoms with Gasteiger partial charge >= 0.3 is 0 Å².